The zero-order valence-corrected chi connectivity index (χ0v) is 11.2. The van der Waals surface area contributed by atoms with Crippen LogP contribution in [0.4, 0.5) is 0 Å². The van der Waals surface area contributed by atoms with E-state index in [1.165, 1.54) is 0 Å². The molecule has 0 aromatic carbocycles. The van der Waals surface area contributed by atoms with Gasteiger partial charge in [-0.25, -0.2) is 4.98 Å². The van der Waals surface area contributed by atoms with E-state index in [2.05, 4.69) is 9.97 Å². The number of nitrogens with zero attached hydrogens (tertiary/aromatic N) is 4. The van der Waals surface area contributed by atoms with Crippen LogP contribution >= 0.6 is 0 Å². The quantitative estimate of drug-likeness (QED) is 0.561. The van der Waals surface area contributed by atoms with E-state index in [0.29, 0.717) is 0 Å². The van der Waals surface area contributed by atoms with E-state index in [4.69, 9.17) is 4.98 Å². The molecule has 0 saturated heterocycles. The van der Waals surface area contributed by atoms with E-state index in [1.54, 1.807) is 12.4 Å². The lowest BCUT2D eigenvalue weighted by atomic mass is 10.2. The molecule has 0 atom stereocenters. The standard InChI is InChI=1S/C17H12N4/c1-4-10-18-13(7-1)16-15-9-3-6-12-21(15)17(20-16)14-8-2-5-11-19-14/h1-12H. The Labute approximate surface area is 121 Å². The Morgan fingerprint density at radius 1 is 0.714 bits per heavy atom. The molecule has 4 nitrogen and oxygen atoms in total. The van der Waals surface area contributed by atoms with Gasteiger partial charge in [0.1, 0.15) is 11.4 Å². The number of hydrogen-bond acceptors (Lipinski definition) is 3. The van der Waals surface area contributed by atoms with Gasteiger partial charge in [0, 0.05) is 18.6 Å². The monoisotopic (exact) mass is 272 g/mol. The molecule has 0 saturated carbocycles. The zero-order valence-electron chi connectivity index (χ0n) is 11.2. The summed E-state index contributed by atoms with van der Waals surface area (Å²) in [5, 5.41) is 0. The molecular weight excluding hydrogens is 260 g/mol. The summed E-state index contributed by atoms with van der Waals surface area (Å²) in [5.41, 5.74) is 3.61. The Morgan fingerprint density at radius 3 is 2.14 bits per heavy atom. The average molecular weight is 272 g/mol. The third-order valence-electron chi connectivity index (χ3n) is 3.35. The second kappa shape index (κ2) is 4.83. The van der Waals surface area contributed by atoms with Crippen LogP contribution in [0.5, 0.6) is 0 Å². The highest BCUT2D eigenvalue weighted by molar-refractivity contribution is 5.78. The van der Waals surface area contributed by atoms with Crippen molar-refractivity contribution in [3.63, 3.8) is 0 Å². The summed E-state index contributed by atoms with van der Waals surface area (Å²) < 4.78 is 2.05. The molecule has 0 fully saturated rings. The van der Waals surface area contributed by atoms with Crippen LogP contribution in [0.2, 0.25) is 0 Å². The number of fused-ring (bicyclic) bond motifs is 1. The number of aromatic nitrogens is 4. The van der Waals surface area contributed by atoms with Gasteiger partial charge in [0.25, 0.3) is 0 Å². The number of pyridine rings is 3. The largest absolute Gasteiger partial charge is 0.298 e. The summed E-state index contributed by atoms with van der Waals surface area (Å²) in [4.78, 5) is 13.6. The van der Waals surface area contributed by atoms with Crippen LogP contribution in [0, 0.1) is 0 Å². The van der Waals surface area contributed by atoms with Gasteiger partial charge in [0.15, 0.2) is 5.82 Å². The summed E-state index contributed by atoms with van der Waals surface area (Å²) in [6.07, 6.45) is 5.56. The molecule has 0 aliphatic carbocycles. The van der Waals surface area contributed by atoms with E-state index in [0.717, 1.165) is 28.4 Å². The molecule has 100 valence electrons. The van der Waals surface area contributed by atoms with Gasteiger partial charge in [-0.2, -0.15) is 0 Å². The summed E-state index contributed by atoms with van der Waals surface area (Å²) >= 11 is 0. The van der Waals surface area contributed by atoms with Gasteiger partial charge in [-0.3, -0.25) is 14.4 Å². The highest BCUT2D eigenvalue weighted by Crippen LogP contribution is 2.27. The SMILES string of the molecule is c1ccc(-c2nc(-c3ccccn3)n3ccccc23)nc1. The molecule has 4 aromatic heterocycles. The zero-order chi connectivity index (χ0) is 14.1. The molecule has 0 aliphatic heterocycles. The predicted molar refractivity (Wildman–Crippen MR) is 81.7 cm³/mol. The Kier molecular flexibility index (Phi) is 2.71. The summed E-state index contributed by atoms with van der Waals surface area (Å²) in [6, 6.07) is 17.7. The molecule has 4 heterocycles. The van der Waals surface area contributed by atoms with Gasteiger partial charge in [-0.1, -0.05) is 18.2 Å². The topological polar surface area (TPSA) is 43.1 Å². The van der Waals surface area contributed by atoms with E-state index in [9.17, 15) is 0 Å². The molecule has 0 bridgehead atoms. The molecule has 0 amide bonds. The lowest BCUT2D eigenvalue weighted by molar-refractivity contribution is 1.13. The average Bonchev–Trinajstić information content (AvgIpc) is 2.96. The summed E-state index contributed by atoms with van der Waals surface area (Å²) in [7, 11) is 0. The van der Waals surface area contributed by atoms with Crippen molar-refractivity contribution < 1.29 is 0 Å². The number of rotatable bonds is 2. The minimum atomic E-state index is 0.826. The first-order valence-electron chi connectivity index (χ1n) is 6.73. The van der Waals surface area contributed by atoms with Crippen molar-refractivity contribution in [1.29, 1.82) is 0 Å². The van der Waals surface area contributed by atoms with Crippen LogP contribution in [0.25, 0.3) is 28.4 Å². The lowest BCUT2D eigenvalue weighted by Crippen LogP contribution is -1.90. The van der Waals surface area contributed by atoms with Crippen molar-refractivity contribution in [2.24, 2.45) is 0 Å². The van der Waals surface area contributed by atoms with Gasteiger partial charge in [0.05, 0.1) is 11.2 Å². The Bertz CT molecular complexity index is 809. The third kappa shape index (κ3) is 1.97. The number of imidazole rings is 1. The highest BCUT2D eigenvalue weighted by atomic mass is 15.0. The Balaban J connectivity index is 2.02. The molecule has 0 radical (unpaired) electrons. The minimum Gasteiger partial charge on any atom is -0.298 e. The van der Waals surface area contributed by atoms with E-state index in [1.807, 2.05) is 65.2 Å². The fraction of sp³-hybridized carbons (Fsp3) is 0. The molecule has 21 heavy (non-hydrogen) atoms. The van der Waals surface area contributed by atoms with Crippen LogP contribution in [-0.4, -0.2) is 19.4 Å². The van der Waals surface area contributed by atoms with Gasteiger partial charge < -0.3 is 0 Å². The summed E-state index contributed by atoms with van der Waals surface area (Å²) in [5.74, 6) is 0.826. The predicted octanol–water partition coefficient (Wildman–Crippen LogP) is 3.46. The normalized spacial score (nSPS) is 10.9. The molecule has 4 heteroatoms. The fourth-order valence-corrected chi connectivity index (χ4v) is 2.40. The maximum absolute atomic E-state index is 4.77. The third-order valence-corrected chi connectivity index (χ3v) is 3.35. The van der Waals surface area contributed by atoms with E-state index >= 15 is 0 Å². The first-order chi connectivity index (χ1) is 10.4. The smallest absolute Gasteiger partial charge is 0.164 e. The molecule has 0 N–H and O–H groups in total. The van der Waals surface area contributed by atoms with Gasteiger partial charge in [-0.15, -0.1) is 0 Å². The molecule has 0 spiro atoms. The van der Waals surface area contributed by atoms with Gasteiger partial charge >= 0.3 is 0 Å². The molecule has 4 rings (SSSR count). The minimum absolute atomic E-state index is 0.826. The van der Waals surface area contributed by atoms with Crippen LogP contribution in [0.3, 0.4) is 0 Å². The first kappa shape index (κ1) is 11.8. The number of hydrogen-bond donors (Lipinski definition) is 0. The molecule has 0 aliphatic rings. The molecule has 0 unspecified atom stereocenters. The van der Waals surface area contributed by atoms with Crippen molar-refractivity contribution in [1.82, 2.24) is 19.4 Å². The Morgan fingerprint density at radius 2 is 1.43 bits per heavy atom. The van der Waals surface area contributed by atoms with Crippen molar-refractivity contribution in [3.05, 3.63) is 73.2 Å². The van der Waals surface area contributed by atoms with Crippen molar-refractivity contribution >= 4 is 5.52 Å². The van der Waals surface area contributed by atoms with E-state index < -0.39 is 0 Å². The second-order valence-electron chi connectivity index (χ2n) is 4.67. The van der Waals surface area contributed by atoms with Crippen molar-refractivity contribution in [2.45, 2.75) is 0 Å². The fourth-order valence-electron chi connectivity index (χ4n) is 2.40. The Hall–Kier alpha value is -3.01. The van der Waals surface area contributed by atoms with Crippen LogP contribution < -0.4 is 0 Å². The highest BCUT2D eigenvalue weighted by Gasteiger charge is 2.14. The van der Waals surface area contributed by atoms with Gasteiger partial charge in [0.2, 0.25) is 0 Å². The van der Waals surface area contributed by atoms with Crippen LogP contribution in [0.15, 0.2) is 73.2 Å². The second-order valence-corrected chi connectivity index (χ2v) is 4.67. The molecule has 4 aromatic rings. The maximum Gasteiger partial charge on any atom is 0.164 e. The lowest BCUT2D eigenvalue weighted by Gasteiger charge is -1.99. The molecular formula is C17H12N4. The van der Waals surface area contributed by atoms with Crippen molar-refractivity contribution in [2.75, 3.05) is 0 Å². The van der Waals surface area contributed by atoms with Gasteiger partial charge in [-0.05, 0) is 36.4 Å². The first-order valence-corrected chi connectivity index (χ1v) is 6.73. The van der Waals surface area contributed by atoms with Crippen LogP contribution in [0.1, 0.15) is 0 Å². The van der Waals surface area contributed by atoms with Crippen LogP contribution in [-0.2, 0) is 0 Å². The maximum atomic E-state index is 4.77. The van der Waals surface area contributed by atoms with Crippen molar-refractivity contribution in [3.8, 4) is 22.9 Å². The summed E-state index contributed by atoms with van der Waals surface area (Å²) in [6.45, 7) is 0. The van der Waals surface area contributed by atoms with E-state index in [-0.39, 0.29) is 0 Å².